The predicted octanol–water partition coefficient (Wildman–Crippen LogP) is 0.775. The lowest BCUT2D eigenvalue weighted by Crippen LogP contribution is -2.29. The van der Waals surface area contributed by atoms with Gasteiger partial charge in [0.25, 0.3) is 0 Å². The summed E-state index contributed by atoms with van der Waals surface area (Å²) in [6, 6.07) is 9.02. The van der Waals surface area contributed by atoms with Crippen molar-refractivity contribution < 1.29 is 10.0 Å². The third-order valence-electron chi connectivity index (χ3n) is 1.63. The lowest BCUT2D eigenvalue weighted by atomic mass is 10.1. The van der Waals surface area contributed by atoms with Crippen LogP contribution in [0.5, 0.6) is 0 Å². The SMILES string of the molecule is O=C[C@@H](Cc1ccccc1)NO. The number of carbonyl (C=O) groups is 1. The average molecular weight is 165 g/mol. The Bertz CT molecular complexity index is 236. The molecule has 0 radical (unpaired) electrons. The van der Waals surface area contributed by atoms with E-state index < -0.39 is 6.04 Å². The molecule has 0 fully saturated rings. The van der Waals surface area contributed by atoms with Crippen molar-refractivity contribution in [2.75, 3.05) is 0 Å². The molecule has 0 bridgehead atoms. The van der Waals surface area contributed by atoms with Crippen LogP contribution in [-0.2, 0) is 11.2 Å². The quantitative estimate of drug-likeness (QED) is 0.512. The van der Waals surface area contributed by atoms with Gasteiger partial charge in [0.05, 0.1) is 6.04 Å². The van der Waals surface area contributed by atoms with Crippen LogP contribution in [0.1, 0.15) is 5.56 Å². The lowest BCUT2D eigenvalue weighted by molar-refractivity contribution is -0.111. The molecule has 0 saturated heterocycles. The molecule has 1 atom stereocenters. The van der Waals surface area contributed by atoms with Crippen LogP contribution in [0.4, 0.5) is 0 Å². The summed E-state index contributed by atoms with van der Waals surface area (Å²) in [5, 5.41) is 8.51. The monoisotopic (exact) mass is 165 g/mol. The minimum absolute atomic E-state index is 0.507. The van der Waals surface area contributed by atoms with Gasteiger partial charge in [0.1, 0.15) is 6.29 Å². The van der Waals surface area contributed by atoms with Gasteiger partial charge >= 0.3 is 0 Å². The van der Waals surface area contributed by atoms with Crippen molar-refractivity contribution in [1.82, 2.24) is 5.48 Å². The highest BCUT2D eigenvalue weighted by atomic mass is 16.5. The van der Waals surface area contributed by atoms with Gasteiger partial charge in [0.2, 0.25) is 0 Å². The maximum absolute atomic E-state index is 10.3. The normalized spacial score (nSPS) is 12.4. The lowest BCUT2D eigenvalue weighted by Gasteiger charge is -2.06. The molecule has 0 aliphatic rings. The van der Waals surface area contributed by atoms with E-state index in [1.807, 2.05) is 35.8 Å². The van der Waals surface area contributed by atoms with Crippen molar-refractivity contribution >= 4 is 6.29 Å². The molecular weight excluding hydrogens is 154 g/mol. The van der Waals surface area contributed by atoms with Gasteiger partial charge in [-0.15, -0.1) is 0 Å². The Morgan fingerprint density at radius 2 is 2.08 bits per heavy atom. The second-order valence-electron chi connectivity index (χ2n) is 2.56. The highest BCUT2D eigenvalue weighted by Crippen LogP contribution is 2.00. The fourth-order valence-electron chi connectivity index (χ4n) is 0.992. The van der Waals surface area contributed by atoms with Gasteiger partial charge in [-0.3, -0.25) is 0 Å². The second-order valence-corrected chi connectivity index (χ2v) is 2.56. The first-order valence-electron chi connectivity index (χ1n) is 3.75. The first kappa shape index (κ1) is 8.90. The van der Waals surface area contributed by atoms with Gasteiger partial charge in [-0.05, 0) is 12.0 Å². The zero-order valence-electron chi connectivity index (χ0n) is 6.60. The Morgan fingerprint density at radius 3 is 2.58 bits per heavy atom. The number of benzene rings is 1. The number of hydrogen-bond donors (Lipinski definition) is 2. The molecule has 0 saturated carbocycles. The minimum Gasteiger partial charge on any atom is -0.316 e. The zero-order valence-corrected chi connectivity index (χ0v) is 6.60. The Labute approximate surface area is 71.0 Å². The Balaban J connectivity index is 2.56. The molecule has 1 aromatic rings. The van der Waals surface area contributed by atoms with E-state index in [-0.39, 0.29) is 0 Å². The number of hydrogen-bond acceptors (Lipinski definition) is 3. The molecule has 0 amide bonds. The van der Waals surface area contributed by atoms with E-state index in [4.69, 9.17) is 5.21 Å². The highest BCUT2D eigenvalue weighted by Gasteiger charge is 2.04. The Kier molecular flexibility index (Phi) is 3.44. The number of carbonyl (C=O) groups excluding carboxylic acids is 1. The standard InChI is InChI=1S/C9H11NO2/c11-7-9(10-12)6-8-4-2-1-3-5-8/h1-5,7,9-10,12H,6H2/t9-/m1/s1. The van der Waals surface area contributed by atoms with E-state index in [9.17, 15) is 4.79 Å². The molecular formula is C9H11NO2. The second kappa shape index (κ2) is 4.64. The van der Waals surface area contributed by atoms with E-state index in [0.29, 0.717) is 12.7 Å². The van der Waals surface area contributed by atoms with Crippen LogP contribution in [0, 0.1) is 0 Å². The maximum Gasteiger partial charge on any atom is 0.139 e. The van der Waals surface area contributed by atoms with Gasteiger partial charge in [-0.25, -0.2) is 0 Å². The molecule has 0 aromatic heterocycles. The van der Waals surface area contributed by atoms with Crippen LogP contribution in [-0.4, -0.2) is 17.5 Å². The fourth-order valence-corrected chi connectivity index (χ4v) is 0.992. The third-order valence-corrected chi connectivity index (χ3v) is 1.63. The van der Waals surface area contributed by atoms with E-state index in [0.717, 1.165) is 5.56 Å². The zero-order chi connectivity index (χ0) is 8.81. The highest BCUT2D eigenvalue weighted by molar-refractivity contribution is 5.57. The molecule has 0 aliphatic heterocycles. The van der Waals surface area contributed by atoms with Crippen molar-refractivity contribution in [3.05, 3.63) is 35.9 Å². The number of aldehydes is 1. The Morgan fingerprint density at radius 1 is 1.42 bits per heavy atom. The number of nitrogens with one attached hydrogen (secondary N) is 1. The smallest absolute Gasteiger partial charge is 0.139 e. The molecule has 0 heterocycles. The summed E-state index contributed by atoms with van der Waals surface area (Å²) in [7, 11) is 0. The average Bonchev–Trinajstić information content (AvgIpc) is 2.16. The van der Waals surface area contributed by atoms with E-state index in [2.05, 4.69) is 0 Å². The van der Waals surface area contributed by atoms with Gasteiger partial charge in [-0.2, -0.15) is 5.48 Å². The maximum atomic E-state index is 10.3. The fraction of sp³-hybridized carbons (Fsp3) is 0.222. The van der Waals surface area contributed by atoms with Gasteiger partial charge in [-0.1, -0.05) is 30.3 Å². The molecule has 64 valence electrons. The largest absolute Gasteiger partial charge is 0.316 e. The van der Waals surface area contributed by atoms with Gasteiger partial charge in [0.15, 0.2) is 0 Å². The molecule has 3 nitrogen and oxygen atoms in total. The van der Waals surface area contributed by atoms with Crippen molar-refractivity contribution in [3.8, 4) is 0 Å². The number of rotatable bonds is 4. The number of hydroxylamine groups is 1. The van der Waals surface area contributed by atoms with E-state index in [1.54, 1.807) is 0 Å². The summed E-state index contributed by atoms with van der Waals surface area (Å²) in [4.78, 5) is 10.3. The molecule has 0 unspecified atom stereocenters. The van der Waals surface area contributed by atoms with Crippen LogP contribution in [0.15, 0.2) is 30.3 Å². The van der Waals surface area contributed by atoms with E-state index >= 15 is 0 Å². The molecule has 12 heavy (non-hydrogen) atoms. The summed E-state index contributed by atoms with van der Waals surface area (Å²) < 4.78 is 0. The minimum atomic E-state index is -0.507. The predicted molar refractivity (Wildman–Crippen MR) is 44.9 cm³/mol. The summed E-state index contributed by atoms with van der Waals surface area (Å²) in [6.45, 7) is 0. The van der Waals surface area contributed by atoms with Crippen molar-refractivity contribution in [2.45, 2.75) is 12.5 Å². The summed E-state index contributed by atoms with van der Waals surface area (Å²) in [5.41, 5.74) is 2.96. The topological polar surface area (TPSA) is 49.3 Å². The first-order chi connectivity index (χ1) is 5.86. The van der Waals surface area contributed by atoms with Crippen molar-refractivity contribution in [1.29, 1.82) is 0 Å². The summed E-state index contributed by atoms with van der Waals surface area (Å²) >= 11 is 0. The Hall–Kier alpha value is -1.19. The van der Waals surface area contributed by atoms with Crippen LogP contribution in [0.2, 0.25) is 0 Å². The molecule has 3 heteroatoms. The summed E-state index contributed by atoms with van der Waals surface area (Å²) in [6.07, 6.45) is 1.20. The van der Waals surface area contributed by atoms with Crippen LogP contribution >= 0.6 is 0 Å². The van der Waals surface area contributed by atoms with Crippen LogP contribution in [0.3, 0.4) is 0 Å². The molecule has 2 N–H and O–H groups in total. The first-order valence-corrected chi connectivity index (χ1v) is 3.75. The summed E-state index contributed by atoms with van der Waals surface area (Å²) in [5.74, 6) is 0. The molecule has 0 aliphatic carbocycles. The van der Waals surface area contributed by atoms with Gasteiger partial charge in [0, 0.05) is 0 Å². The molecule has 1 rings (SSSR count). The van der Waals surface area contributed by atoms with Crippen molar-refractivity contribution in [3.63, 3.8) is 0 Å². The van der Waals surface area contributed by atoms with Crippen LogP contribution in [0.25, 0.3) is 0 Å². The van der Waals surface area contributed by atoms with Gasteiger partial charge < -0.3 is 10.0 Å². The molecule has 0 spiro atoms. The van der Waals surface area contributed by atoms with Crippen LogP contribution < -0.4 is 5.48 Å². The third kappa shape index (κ3) is 2.45. The molecule has 1 aromatic carbocycles. The van der Waals surface area contributed by atoms with Crippen molar-refractivity contribution in [2.24, 2.45) is 0 Å². The van der Waals surface area contributed by atoms with E-state index in [1.165, 1.54) is 0 Å².